The van der Waals surface area contributed by atoms with Gasteiger partial charge in [-0.1, -0.05) is 26.0 Å². The normalized spacial score (nSPS) is 13.5. The molecular formula is C20H27N3O8. The van der Waals surface area contributed by atoms with Gasteiger partial charge in [-0.15, -0.1) is 0 Å². The summed E-state index contributed by atoms with van der Waals surface area (Å²) >= 11 is 0. The van der Waals surface area contributed by atoms with Crippen molar-refractivity contribution in [2.45, 2.75) is 45.2 Å². The summed E-state index contributed by atoms with van der Waals surface area (Å²) in [4.78, 5) is 59.2. The molecule has 0 spiro atoms. The average molecular weight is 437 g/mol. The number of non-ortho nitro benzene ring substituents is 1. The summed E-state index contributed by atoms with van der Waals surface area (Å²) in [6.45, 7) is 4.70. The zero-order chi connectivity index (χ0) is 23.7. The highest BCUT2D eigenvalue weighted by Crippen LogP contribution is 2.27. The highest BCUT2D eigenvalue weighted by molar-refractivity contribution is 5.91. The maximum atomic E-state index is 12.8. The summed E-state index contributed by atoms with van der Waals surface area (Å²) in [7, 11) is 2.30. The van der Waals surface area contributed by atoms with Crippen molar-refractivity contribution in [2.24, 2.45) is 5.92 Å². The summed E-state index contributed by atoms with van der Waals surface area (Å²) in [5, 5.41) is 16.0. The fourth-order valence-corrected chi connectivity index (χ4v) is 2.98. The number of methoxy groups -OCH3 is 2. The Morgan fingerprint density at radius 3 is 2.00 bits per heavy atom. The van der Waals surface area contributed by atoms with E-state index in [0.717, 1.165) is 7.11 Å². The maximum Gasteiger partial charge on any atom is 0.329 e. The number of rotatable bonds is 10. The van der Waals surface area contributed by atoms with Crippen molar-refractivity contribution in [1.29, 1.82) is 0 Å². The number of nitro benzene ring substituents is 1. The standard InChI is InChI=1S/C20H27N3O8/c1-11(2)17(21-12(3)24)19(26)22-18(20(27)31-5)15(10-16(25)30-4)13-6-8-14(9-7-13)23(28)29/h6-9,11,15,17-18H,10H2,1-5H3,(H,21,24)(H,22,26)/t15-,17-,18-/m1/s1. The van der Waals surface area contributed by atoms with Gasteiger partial charge in [-0.25, -0.2) is 4.79 Å². The Balaban J connectivity index is 3.35. The predicted octanol–water partition coefficient (Wildman–Crippen LogP) is 1.06. The van der Waals surface area contributed by atoms with Crippen LogP contribution in [0.5, 0.6) is 0 Å². The van der Waals surface area contributed by atoms with Crippen LogP contribution in [0.25, 0.3) is 0 Å². The molecule has 0 aliphatic heterocycles. The van der Waals surface area contributed by atoms with E-state index >= 15 is 0 Å². The minimum atomic E-state index is -1.31. The molecule has 1 rings (SSSR count). The fraction of sp³-hybridized carbons (Fsp3) is 0.500. The van der Waals surface area contributed by atoms with Crippen molar-refractivity contribution in [3.8, 4) is 0 Å². The number of nitro groups is 1. The summed E-state index contributed by atoms with van der Waals surface area (Å²) in [5.74, 6) is -3.78. The van der Waals surface area contributed by atoms with E-state index in [4.69, 9.17) is 9.47 Å². The second-order valence-corrected chi connectivity index (χ2v) is 7.17. The lowest BCUT2D eigenvalue weighted by Gasteiger charge is -2.29. The molecule has 0 fully saturated rings. The zero-order valence-corrected chi connectivity index (χ0v) is 18.0. The first-order valence-electron chi connectivity index (χ1n) is 9.48. The molecule has 0 unspecified atom stereocenters. The van der Waals surface area contributed by atoms with Gasteiger partial charge in [-0.05, 0) is 11.5 Å². The Morgan fingerprint density at radius 1 is 1.00 bits per heavy atom. The summed E-state index contributed by atoms with van der Waals surface area (Å²) in [6, 6.07) is 2.99. The van der Waals surface area contributed by atoms with Crippen LogP contribution in [0.1, 0.15) is 38.7 Å². The van der Waals surface area contributed by atoms with Gasteiger partial charge in [0.15, 0.2) is 0 Å². The van der Waals surface area contributed by atoms with Gasteiger partial charge in [0.1, 0.15) is 12.1 Å². The topological polar surface area (TPSA) is 154 Å². The molecule has 11 heteroatoms. The molecule has 0 saturated carbocycles. The van der Waals surface area contributed by atoms with Crippen LogP contribution in [-0.4, -0.2) is 55.0 Å². The number of carbonyl (C=O) groups is 4. The largest absolute Gasteiger partial charge is 0.469 e. The Labute approximate surface area is 179 Å². The molecule has 31 heavy (non-hydrogen) atoms. The molecular weight excluding hydrogens is 410 g/mol. The molecule has 0 bridgehead atoms. The highest BCUT2D eigenvalue weighted by atomic mass is 16.6. The van der Waals surface area contributed by atoms with Crippen molar-refractivity contribution >= 4 is 29.4 Å². The molecule has 170 valence electrons. The number of nitrogens with zero attached hydrogens (tertiary/aromatic N) is 1. The average Bonchev–Trinajstić information content (AvgIpc) is 2.73. The molecule has 1 aromatic carbocycles. The van der Waals surface area contributed by atoms with Crippen molar-refractivity contribution in [3.63, 3.8) is 0 Å². The van der Waals surface area contributed by atoms with Gasteiger partial charge in [-0.3, -0.25) is 24.5 Å². The Bertz CT molecular complexity index is 822. The van der Waals surface area contributed by atoms with Gasteiger partial charge < -0.3 is 20.1 Å². The van der Waals surface area contributed by atoms with Gasteiger partial charge in [-0.2, -0.15) is 0 Å². The molecule has 1 aromatic rings. The number of benzene rings is 1. The molecule has 0 aromatic heterocycles. The van der Waals surface area contributed by atoms with E-state index in [2.05, 4.69) is 10.6 Å². The van der Waals surface area contributed by atoms with Crippen molar-refractivity contribution in [3.05, 3.63) is 39.9 Å². The Hall–Kier alpha value is -3.50. The quantitative estimate of drug-likeness (QED) is 0.313. The SMILES string of the molecule is COC(=O)C[C@H](c1ccc([N+](=O)[O-])cc1)[C@@H](NC(=O)[C@H](NC(C)=O)C(C)C)C(=O)OC. The molecule has 2 N–H and O–H groups in total. The van der Waals surface area contributed by atoms with Crippen LogP contribution in [0.2, 0.25) is 0 Å². The molecule has 3 atom stereocenters. The number of ether oxygens (including phenoxy) is 2. The molecule has 0 aliphatic carbocycles. The smallest absolute Gasteiger partial charge is 0.329 e. The Kier molecular flexibility index (Phi) is 9.58. The van der Waals surface area contributed by atoms with Crippen molar-refractivity contribution in [1.82, 2.24) is 10.6 Å². The van der Waals surface area contributed by atoms with E-state index < -0.39 is 46.7 Å². The lowest BCUT2D eigenvalue weighted by Crippen LogP contribution is -2.55. The fourth-order valence-electron chi connectivity index (χ4n) is 2.98. The zero-order valence-electron chi connectivity index (χ0n) is 18.0. The minimum absolute atomic E-state index is 0.176. The van der Waals surface area contributed by atoms with Gasteiger partial charge in [0, 0.05) is 25.0 Å². The van der Waals surface area contributed by atoms with E-state index in [-0.39, 0.29) is 18.0 Å². The third-order valence-electron chi connectivity index (χ3n) is 4.61. The molecule has 2 amide bonds. The monoisotopic (exact) mass is 437 g/mol. The predicted molar refractivity (Wildman–Crippen MR) is 109 cm³/mol. The lowest BCUT2D eigenvalue weighted by atomic mass is 9.87. The minimum Gasteiger partial charge on any atom is -0.469 e. The first-order chi connectivity index (χ1) is 14.5. The number of nitrogens with one attached hydrogen (secondary N) is 2. The van der Waals surface area contributed by atoms with E-state index in [0.29, 0.717) is 5.56 Å². The summed E-state index contributed by atoms with van der Waals surface area (Å²) in [6.07, 6.45) is -0.305. The van der Waals surface area contributed by atoms with E-state index in [1.807, 2.05) is 0 Å². The van der Waals surface area contributed by atoms with E-state index in [1.165, 1.54) is 38.3 Å². The second kappa shape index (κ2) is 11.6. The van der Waals surface area contributed by atoms with Crippen LogP contribution in [0.3, 0.4) is 0 Å². The Morgan fingerprint density at radius 2 is 1.58 bits per heavy atom. The second-order valence-electron chi connectivity index (χ2n) is 7.17. The van der Waals surface area contributed by atoms with Crippen LogP contribution in [0.4, 0.5) is 5.69 Å². The van der Waals surface area contributed by atoms with Crippen LogP contribution in [0.15, 0.2) is 24.3 Å². The van der Waals surface area contributed by atoms with Crippen LogP contribution >= 0.6 is 0 Å². The first kappa shape index (κ1) is 25.5. The number of amides is 2. The third-order valence-corrected chi connectivity index (χ3v) is 4.61. The van der Waals surface area contributed by atoms with E-state index in [1.54, 1.807) is 13.8 Å². The summed E-state index contributed by atoms with van der Waals surface area (Å²) < 4.78 is 9.51. The maximum absolute atomic E-state index is 12.8. The molecule has 0 aliphatic rings. The van der Waals surface area contributed by atoms with Crippen LogP contribution in [-0.2, 0) is 28.7 Å². The highest BCUT2D eigenvalue weighted by Gasteiger charge is 2.36. The van der Waals surface area contributed by atoms with Gasteiger partial charge in [0.05, 0.1) is 25.6 Å². The molecule has 11 nitrogen and oxygen atoms in total. The van der Waals surface area contributed by atoms with Crippen molar-refractivity contribution in [2.75, 3.05) is 14.2 Å². The van der Waals surface area contributed by atoms with Crippen molar-refractivity contribution < 1.29 is 33.6 Å². The van der Waals surface area contributed by atoms with Gasteiger partial charge in [0.2, 0.25) is 11.8 Å². The third kappa shape index (κ3) is 7.36. The summed E-state index contributed by atoms with van der Waals surface area (Å²) in [5.41, 5.74) is 0.206. The number of hydrogen-bond acceptors (Lipinski definition) is 8. The van der Waals surface area contributed by atoms with E-state index in [9.17, 15) is 29.3 Å². The van der Waals surface area contributed by atoms with Gasteiger partial charge in [0.25, 0.3) is 5.69 Å². The molecule has 0 radical (unpaired) electrons. The van der Waals surface area contributed by atoms with Crippen LogP contribution < -0.4 is 10.6 Å². The number of hydrogen-bond donors (Lipinski definition) is 2. The first-order valence-corrected chi connectivity index (χ1v) is 9.48. The number of carbonyl (C=O) groups excluding carboxylic acids is 4. The number of esters is 2. The van der Waals surface area contributed by atoms with Gasteiger partial charge >= 0.3 is 11.9 Å². The lowest BCUT2D eigenvalue weighted by molar-refractivity contribution is -0.384. The molecule has 0 saturated heterocycles. The van der Waals surface area contributed by atoms with Crippen LogP contribution in [0, 0.1) is 16.0 Å². The molecule has 0 heterocycles.